The van der Waals surface area contributed by atoms with Gasteiger partial charge in [0.25, 0.3) is 0 Å². The largest absolute Gasteiger partial charge is 0.368 e. The summed E-state index contributed by atoms with van der Waals surface area (Å²) in [4.78, 5) is 11.7. The Hall–Kier alpha value is -1.53. The lowest BCUT2D eigenvalue weighted by atomic mass is 10.4. The molecule has 1 rings (SSSR count). The van der Waals surface area contributed by atoms with Crippen molar-refractivity contribution in [2.45, 2.75) is 12.6 Å². The van der Waals surface area contributed by atoms with E-state index < -0.39 is 6.17 Å². The first-order valence-corrected chi connectivity index (χ1v) is 3.76. The van der Waals surface area contributed by atoms with Crippen molar-refractivity contribution in [1.29, 1.82) is 0 Å². The summed E-state index contributed by atoms with van der Waals surface area (Å²) < 4.78 is 0. The predicted molar refractivity (Wildman–Crippen MR) is 49.3 cm³/mol. The molecule has 0 fully saturated rings. The molecule has 0 radical (unpaired) electrons. The fourth-order valence-electron chi connectivity index (χ4n) is 0.826. The first-order valence-electron chi connectivity index (χ1n) is 3.76. The van der Waals surface area contributed by atoms with Crippen molar-refractivity contribution >= 4 is 5.95 Å². The molecule has 0 aliphatic rings. The Balaban J connectivity index is 3.03. The van der Waals surface area contributed by atoms with Crippen molar-refractivity contribution < 1.29 is 0 Å². The van der Waals surface area contributed by atoms with Gasteiger partial charge in [-0.25, -0.2) is 4.98 Å². The maximum atomic E-state index is 5.42. The molecule has 0 unspecified atom stereocenters. The molecule has 0 aromatic carbocycles. The summed E-state index contributed by atoms with van der Waals surface area (Å²) in [5.74, 6) is 0.950. The second-order valence-electron chi connectivity index (χ2n) is 2.49. The molecule has 0 spiro atoms. The van der Waals surface area contributed by atoms with Gasteiger partial charge in [-0.1, -0.05) is 6.08 Å². The molecule has 6 heteroatoms. The summed E-state index contributed by atoms with van der Waals surface area (Å²) in [6.07, 6.45) is 1.46. The van der Waals surface area contributed by atoms with Crippen LogP contribution < -0.4 is 17.2 Å². The van der Waals surface area contributed by atoms with E-state index in [1.807, 2.05) is 0 Å². The number of allylic oxidation sites excluding steroid dienone is 1. The minimum absolute atomic E-state index is 0.128. The summed E-state index contributed by atoms with van der Waals surface area (Å²) in [7, 11) is 0. The van der Waals surface area contributed by atoms with E-state index in [0.29, 0.717) is 18.1 Å². The predicted octanol–water partition coefficient (Wildman–Crippen LogP) is -0.902. The highest BCUT2D eigenvalue weighted by Crippen LogP contribution is 2.02. The zero-order valence-electron chi connectivity index (χ0n) is 7.14. The van der Waals surface area contributed by atoms with Gasteiger partial charge in [-0.05, 0) is 0 Å². The Morgan fingerprint density at radius 1 is 1.31 bits per heavy atom. The second-order valence-corrected chi connectivity index (χ2v) is 2.49. The monoisotopic (exact) mass is 180 g/mol. The number of rotatable bonds is 3. The SMILES string of the molecule is C=CCc1nc(N)nc(C(N)N)n1. The summed E-state index contributed by atoms with van der Waals surface area (Å²) in [5, 5.41) is 0. The molecule has 1 aromatic heterocycles. The van der Waals surface area contributed by atoms with Crippen molar-refractivity contribution in [3.05, 3.63) is 24.3 Å². The van der Waals surface area contributed by atoms with Crippen LogP contribution in [0.3, 0.4) is 0 Å². The Bertz CT molecular complexity index is 308. The third-order valence-electron chi connectivity index (χ3n) is 1.34. The van der Waals surface area contributed by atoms with E-state index >= 15 is 0 Å². The van der Waals surface area contributed by atoms with Crippen LogP contribution in [0.25, 0.3) is 0 Å². The Morgan fingerprint density at radius 3 is 2.54 bits per heavy atom. The zero-order chi connectivity index (χ0) is 9.84. The van der Waals surface area contributed by atoms with Crippen molar-refractivity contribution in [1.82, 2.24) is 15.0 Å². The maximum absolute atomic E-state index is 5.42. The van der Waals surface area contributed by atoms with Gasteiger partial charge in [0.15, 0.2) is 5.82 Å². The number of aromatic nitrogens is 3. The molecule has 1 aromatic rings. The smallest absolute Gasteiger partial charge is 0.223 e. The van der Waals surface area contributed by atoms with Crippen molar-refractivity contribution in [3.8, 4) is 0 Å². The lowest BCUT2D eigenvalue weighted by Gasteiger charge is -2.05. The quantitative estimate of drug-likeness (QED) is 0.410. The number of nitrogens with two attached hydrogens (primary N) is 3. The van der Waals surface area contributed by atoms with E-state index in [4.69, 9.17) is 17.2 Å². The summed E-state index contributed by atoms with van der Waals surface area (Å²) in [6, 6.07) is 0. The van der Waals surface area contributed by atoms with Gasteiger partial charge in [0.2, 0.25) is 5.95 Å². The van der Waals surface area contributed by atoms with Crippen LogP contribution in [0, 0.1) is 0 Å². The molecule has 13 heavy (non-hydrogen) atoms. The number of nitrogens with zero attached hydrogens (tertiary/aromatic N) is 3. The normalized spacial score (nSPS) is 10.4. The molecule has 70 valence electrons. The Morgan fingerprint density at radius 2 is 2.00 bits per heavy atom. The zero-order valence-corrected chi connectivity index (χ0v) is 7.14. The van der Waals surface area contributed by atoms with E-state index in [1.54, 1.807) is 6.08 Å². The Kier molecular flexibility index (Phi) is 2.88. The minimum Gasteiger partial charge on any atom is -0.368 e. The van der Waals surface area contributed by atoms with Gasteiger partial charge >= 0.3 is 0 Å². The van der Waals surface area contributed by atoms with Gasteiger partial charge < -0.3 is 17.2 Å². The average Bonchev–Trinajstić information content (AvgIpc) is 2.03. The molecule has 0 aliphatic carbocycles. The summed E-state index contributed by atoms with van der Waals surface area (Å²) >= 11 is 0. The van der Waals surface area contributed by atoms with Crippen molar-refractivity contribution in [2.75, 3.05) is 5.73 Å². The van der Waals surface area contributed by atoms with Gasteiger partial charge in [0.1, 0.15) is 12.0 Å². The molecule has 0 atom stereocenters. The summed E-state index contributed by atoms with van der Waals surface area (Å²) in [5.41, 5.74) is 16.2. The van der Waals surface area contributed by atoms with Crippen LogP contribution in [-0.2, 0) is 6.42 Å². The standard InChI is InChI=1S/C7H12N6/c1-2-3-4-11-6(5(8)9)13-7(10)12-4/h2,5H,1,3,8-9H2,(H2,10,11,12,13). The van der Waals surface area contributed by atoms with Gasteiger partial charge in [0.05, 0.1) is 0 Å². The highest BCUT2D eigenvalue weighted by Gasteiger charge is 2.06. The first-order chi connectivity index (χ1) is 6.13. The molecule has 1 heterocycles. The van der Waals surface area contributed by atoms with Crippen LogP contribution >= 0.6 is 0 Å². The van der Waals surface area contributed by atoms with Gasteiger partial charge in [-0.2, -0.15) is 9.97 Å². The number of nitrogen functional groups attached to an aromatic ring is 1. The lowest BCUT2D eigenvalue weighted by Crippen LogP contribution is -2.24. The van der Waals surface area contributed by atoms with Crippen LogP contribution in [0.1, 0.15) is 17.8 Å². The van der Waals surface area contributed by atoms with Gasteiger partial charge in [-0.3, -0.25) is 0 Å². The highest BCUT2D eigenvalue weighted by atomic mass is 15.1. The molecule has 0 saturated carbocycles. The summed E-state index contributed by atoms with van der Waals surface area (Å²) in [6.45, 7) is 3.56. The molecule has 6 N–H and O–H groups in total. The van der Waals surface area contributed by atoms with E-state index in [0.717, 1.165) is 0 Å². The lowest BCUT2D eigenvalue weighted by molar-refractivity contribution is 0.688. The van der Waals surface area contributed by atoms with E-state index in [1.165, 1.54) is 0 Å². The van der Waals surface area contributed by atoms with Crippen LogP contribution in [-0.4, -0.2) is 15.0 Å². The van der Waals surface area contributed by atoms with E-state index in [9.17, 15) is 0 Å². The number of anilines is 1. The fraction of sp³-hybridized carbons (Fsp3) is 0.286. The van der Waals surface area contributed by atoms with Crippen LogP contribution in [0.2, 0.25) is 0 Å². The third-order valence-corrected chi connectivity index (χ3v) is 1.34. The topological polar surface area (TPSA) is 117 Å². The highest BCUT2D eigenvalue weighted by molar-refractivity contribution is 5.17. The van der Waals surface area contributed by atoms with E-state index in [2.05, 4.69) is 21.5 Å². The van der Waals surface area contributed by atoms with Crippen LogP contribution in [0.5, 0.6) is 0 Å². The van der Waals surface area contributed by atoms with Gasteiger partial charge in [0, 0.05) is 6.42 Å². The van der Waals surface area contributed by atoms with E-state index in [-0.39, 0.29) is 5.95 Å². The number of hydrogen-bond donors (Lipinski definition) is 3. The second kappa shape index (κ2) is 3.92. The molecule has 0 aliphatic heterocycles. The van der Waals surface area contributed by atoms with Crippen molar-refractivity contribution in [2.24, 2.45) is 11.5 Å². The number of hydrogen-bond acceptors (Lipinski definition) is 6. The van der Waals surface area contributed by atoms with Crippen LogP contribution in [0.15, 0.2) is 12.7 Å². The fourth-order valence-corrected chi connectivity index (χ4v) is 0.826. The third kappa shape index (κ3) is 2.46. The minimum atomic E-state index is -0.728. The molecular weight excluding hydrogens is 168 g/mol. The Labute approximate surface area is 75.9 Å². The molecular formula is C7H12N6. The molecule has 0 bridgehead atoms. The van der Waals surface area contributed by atoms with Gasteiger partial charge in [-0.15, -0.1) is 6.58 Å². The first kappa shape index (κ1) is 9.56. The molecule has 6 nitrogen and oxygen atoms in total. The molecule has 0 saturated heterocycles. The maximum Gasteiger partial charge on any atom is 0.223 e. The van der Waals surface area contributed by atoms with Crippen LogP contribution in [0.4, 0.5) is 5.95 Å². The molecule has 0 amide bonds. The average molecular weight is 180 g/mol. The van der Waals surface area contributed by atoms with Crippen molar-refractivity contribution in [3.63, 3.8) is 0 Å².